The monoisotopic (exact) mass is 265 g/mol. The van der Waals surface area contributed by atoms with Crippen molar-refractivity contribution in [3.8, 4) is 0 Å². The molecule has 0 atom stereocenters. The van der Waals surface area contributed by atoms with Gasteiger partial charge in [-0.25, -0.2) is 0 Å². The number of nitrogens with two attached hydrogens (primary N) is 1. The SMILES string of the molecule is CSC1(CN)CCN(Cc2cncc(C)c2)CC1. The number of thioether (sulfide) groups is 1. The van der Waals surface area contributed by atoms with Crippen LogP contribution in [-0.4, -0.2) is 40.5 Å². The van der Waals surface area contributed by atoms with E-state index in [1.807, 2.05) is 24.2 Å². The van der Waals surface area contributed by atoms with E-state index in [4.69, 9.17) is 5.73 Å². The number of hydrogen-bond acceptors (Lipinski definition) is 4. The number of rotatable bonds is 4. The van der Waals surface area contributed by atoms with Crippen LogP contribution in [0.4, 0.5) is 0 Å². The zero-order valence-electron chi connectivity index (χ0n) is 11.4. The van der Waals surface area contributed by atoms with Crippen molar-refractivity contribution < 1.29 is 0 Å². The Hall–Kier alpha value is -0.580. The molecule has 1 saturated heterocycles. The molecule has 0 unspecified atom stereocenters. The maximum atomic E-state index is 5.92. The lowest BCUT2D eigenvalue weighted by Crippen LogP contribution is -2.46. The lowest BCUT2D eigenvalue weighted by molar-refractivity contribution is 0.195. The van der Waals surface area contributed by atoms with Crippen LogP contribution in [0.3, 0.4) is 0 Å². The molecule has 3 nitrogen and oxygen atoms in total. The van der Waals surface area contributed by atoms with Crippen molar-refractivity contribution in [2.45, 2.75) is 31.1 Å². The molecule has 1 aliphatic heterocycles. The van der Waals surface area contributed by atoms with Crippen molar-refractivity contribution in [2.24, 2.45) is 5.73 Å². The number of piperidine rings is 1. The first-order valence-electron chi connectivity index (χ1n) is 6.55. The highest BCUT2D eigenvalue weighted by molar-refractivity contribution is 8.00. The second-order valence-corrected chi connectivity index (χ2v) is 6.51. The molecule has 0 bridgehead atoms. The van der Waals surface area contributed by atoms with E-state index in [0.717, 1.165) is 26.2 Å². The number of hydrogen-bond donors (Lipinski definition) is 1. The van der Waals surface area contributed by atoms with Crippen LogP contribution in [0.25, 0.3) is 0 Å². The third-order valence-corrected chi connectivity index (χ3v) is 5.35. The smallest absolute Gasteiger partial charge is 0.0313 e. The third kappa shape index (κ3) is 3.25. The van der Waals surface area contributed by atoms with Gasteiger partial charge in [0.05, 0.1) is 0 Å². The van der Waals surface area contributed by atoms with E-state index in [1.165, 1.54) is 24.0 Å². The van der Waals surface area contributed by atoms with Gasteiger partial charge < -0.3 is 5.73 Å². The summed E-state index contributed by atoms with van der Waals surface area (Å²) >= 11 is 1.94. The van der Waals surface area contributed by atoms with Crippen molar-refractivity contribution >= 4 is 11.8 Å². The van der Waals surface area contributed by atoms with Gasteiger partial charge in [0.25, 0.3) is 0 Å². The van der Waals surface area contributed by atoms with Gasteiger partial charge in [0, 0.05) is 30.2 Å². The molecule has 1 aromatic rings. The Kier molecular flexibility index (Phi) is 4.65. The minimum atomic E-state index is 0.321. The van der Waals surface area contributed by atoms with Crippen LogP contribution in [0.5, 0.6) is 0 Å². The molecule has 0 radical (unpaired) electrons. The van der Waals surface area contributed by atoms with Crippen LogP contribution in [0, 0.1) is 6.92 Å². The zero-order valence-corrected chi connectivity index (χ0v) is 12.2. The molecule has 0 spiro atoms. The Balaban J connectivity index is 1.91. The van der Waals surface area contributed by atoms with Crippen molar-refractivity contribution in [1.29, 1.82) is 0 Å². The Bertz CT molecular complexity index is 380. The lowest BCUT2D eigenvalue weighted by Gasteiger charge is -2.40. The third-order valence-electron chi connectivity index (χ3n) is 3.91. The first-order chi connectivity index (χ1) is 8.67. The summed E-state index contributed by atoms with van der Waals surface area (Å²) in [4.78, 5) is 6.77. The molecule has 100 valence electrons. The lowest BCUT2D eigenvalue weighted by atomic mass is 9.95. The second kappa shape index (κ2) is 6.04. The van der Waals surface area contributed by atoms with Gasteiger partial charge in [-0.15, -0.1) is 0 Å². The summed E-state index contributed by atoms with van der Waals surface area (Å²) in [5.41, 5.74) is 8.48. The fourth-order valence-electron chi connectivity index (χ4n) is 2.57. The van der Waals surface area contributed by atoms with Crippen LogP contribution in [0.1, 0.15) is 24.0 Å². The Morgan fingerprint density at radius 1 is 1.39 bits per heavy atom. The highest BCUT2D eigenvalue weighted by Crippen LogP contribution is 2.33. The van der Waals surface area contributed by atoms with Gasteiger partial charge >= 0.3 is 0 Å². The second-order valence-electron chi connectivity index (χ2n) is 5.24. The van der Waals surface area contributed by atoms with Gasteiger partial charge in [-0.05, 0) is 50.2 Å². The average molecular weight is 265 g/mol. The fraction of sp³-hybridized carbons (Fsp3) is 0.643. The predicted octanol–water partition coefficient (Wildman–Crippen LogP) is 2.05. The van der Waals surface area contributed by atoms with Crippen LogP contribution in [0.15, 0.2) is 18.5 Å². The standard InChI is InChI=1S/C14H23N3S/c1-12-7-13(9-16-8-12)10-17-5-3-14(11-15,18-2)4-6-17/h7-9H,3-6,10-11,15H2,1-2H3. The van der Waals surface area contributed by atoms with Gasteiger partial charge in [0.15, 0.2) is 0 Å². The van der Waals surface area contributed by atoms with Crippen molar-refractivity contribution in [3.05, 3.63) is 29.6 Å². The molecule has 0 aliphatic carbocycles. The normalized spacial score (nSPS) is 19.9. The van der Waals surface area contributed by atoms with Crippen molar-refractivity contribution in [2.75, 3.05) is 25.9 Å². The molecule has 2 rings (SSSR count). The minimum Gasteiger partial charge on any atom is -0.329 e. The number of likely N-dealkylation sites (tertiary alicyclic amines) is 1. The largest absolute Gasteiger partial charge is 0.329 e. The first-order valence-corrected chi connectivity index (χ1v) is 7.78. The Labute approximate surface area is 114 Å². The molecule has 18 heavy (non-hydrogen) atoms. The quantitative estimate of drug-likeness (QED) is 0.905. The van der Waals surface area contributed by atoms with Gasteiger partial charge in [-0.2, -0.15) is 11.8 Å². The molecule has 1 aliphatic rings. The van der Waals surface area contributed by atoms with E-state index < -0.39 is 0 Å². The summed E-state index contributed by atoms with van der Waals surface area (Å²) in [6.07, 6.45) is 8.47. The molecule has 2 N–H and O–H groups in total. The molecule has 2 heterocycles. The molecule has 1 fully saturated rings. The summed E-state index contributed by atoms with van der Waals surface area (Å²) in [5, 5.41) is 0. The average Bonchev–Trinajstić information content (AvgIpc) is 2.40. The van der Waals surface area contributed by atoms with E-state index in [-0.39, 0.29) is 0 Å². The van der Waals surface area contributed by atoms with Gasteiger partial charge in [-0.3, -0.25) is 9.88 Å². The summed E-state index contributed by atoms with van der Waals surface area (Å²) in [6, 6.07) is 2.23. The maximum absolute atomic E-state index is 5.92. The van der Waals surface area contributed by atoms with Crippen molar-refractivity contribution in [3.63, 3.8) is 0 Å². The summed E-state index contributed by atoms with van der Waals surface area (Å²) in [6.45, 7) is 6.20. The summed E-state index contributed by atoms with van der Waals surface area (Å²) in [5.74, 6) is 0. The van der Waals surface area contributed by atoms with E-state index in [2.05, 4.69) is 29.1 Å². The Morgan fingerprint density at radius 2 is 2.11 bits per heavy atom. The highest BCUT2D eigenvalue weighted by Gasteiger charge is 2.32. The Morgan fingerprint density at radius 3 is 2.67 bits per heavy atom. The van der Waals surface area contributed by atoms with E-state index in [1.54, 1.807) is 0 Å². The number of aryl methyl sites for hydroxylation is 1. The highest BCUT2D eigenvalue weighted by atomic mass is 32.2. The zero-order chi connectivity index (χ0) is 13.0. The van der Waals surface area contributed by atoms with E-state index in [0.29, 0.717) is 4.75 Å². The number of aromatic nitrogens is 1. The van der Waals surface area contributed by atoms with Crippen LogP contribution in [0.2, 0.25) is 0 Å². The molecule has 4 heteroatoms. The first kappa shape index (κ1) is 13.8. The van der Waals surface area contributed by atoms with Gasteiger partial charge in [-0.1, -0.05) is 6.07 Å². The molecular formula is C14H23N3S. The maximum Gasteiger partial charge on any atom is 0.0313 e. The molecule has 0 saturated carbocycles. The number of nitrogens with zero attached hydrogens (tertiary/aromatic N) is 2. The predicted molar refractivity (Wildman–Crippen MR) is 78.8 cm³/mol. The molecule has 1 aromatic heterocycles. The summed E-state index contributed by atoms with van der Waals surface area (Å²) in [7, 11) is 0. The summed E-state index contributed by atoms with van der Waals surface area (Å²) < 4.78 is 0.321. The van der Waals surface area contributed by atoms with Gasteiger partial charge in [0.1, 0.15) is 0 Å². The molecule has 0 amide bonds. The van der Waals surface area contributed by atoms with Gasteiger partial charge in [0.2, 0.25) is 0 Å². The van der Waals surface area contributed by atoms with Crippen LogP contribution >= 0.6 is 11.8 Å². The molecule has 0 aromatic carbocycles. The van der Waals surface area contributed by atoms with E-state index in [9.17, 15) is 0 Å². The molecular weight excluding hydrogens is 242 g/mol. The van der Waals surface area contributed by atoms with Crippen LogP contribution in [-0.2, 0) is 6.54 Å². The van der Waals surface area contributed by atoms with E-state index >= 15 is 0 Å². The fourth-order valence-corrected chi connectivity index (χ4v) is 3.33. The minimum absolute atomic E-state index is 0.321. The topological polar surface area (TPSA) is 42.1 Å². The number of pyridine rings is 1. The van der Waals surface area contributed by atoms with Crippen LogP contribution < -0.4 is 5.73 Å². The van der Waals surface area contributed by atoms with Crippen molar-refractivity contribution in [1.82, 2.24) is 9.88 Å².